The summed E-state index contributed by atoms with van der Waals surface area (Å²) in [7, 11) is 0. The monoisotopic (exact) mass is 214 g/mol. The highest BCUT2D eigenvalue weighted by Crippen LogP contribution is 2.14. The van der Waals surface area contributed by atoms with E-state index in [9.17, 15) is 19.7 Å². The number of aliphatic carboxylic acids is 1. The van der Waals surface area contributed by atoms with Crippen LogP contribution in [0, 0.1) is 10.1 Å². The summed E-state index contributed by atoms with van der Waals surface area (Å²) < 4.78 is 0.764. The molecule has 1 aromatic heterocycles. The fourth-order valence-electron chi connectivity index (χ4n) is 0.939. The summed E-state index contributed by atoms with van der Waals surface area (Å²) in [6.45, 7) is -0.575. The number of hydrogen-bond acceptors (Lipinski definition) is 5. The highest BCUT2D eigenvalue weighted by atomic mass is 16.6. The lowest BCUT2D eigenvalue weighted by atomic mass is 10.3. The van der Waals surface area contributed by atoms with Gasteiger partial charge in [0.15, 0.2) is 12.1 Å². The van der Waals surface area contributed by atoms with Crippen LogP contribution in [-0.4, -0.2) is 31.7 Å². The van der Waals surface area contributed by atoms with E-state index >= 15 is 0 Å². The maximum atomic E-state index is 10.7. The number of carbonyl (C=O) groups excluding carboxylic acids is 1. The van der Waals surface area contributed by atoms with Gasteiger partial charge in [-0.15, -0.1) is 0 Å². The number of nitrogens with zero attached hydrogens (tertiary/aromatic N) is 3. The van der Waals surface area contributed by atoms with Gasteiger partial charge in [-0.1, -0.05) is 0 Å². The average Bonchev–Trinajstić information content (AvgIpc) is 2.46. The molecule has 80 valence electrons. The Balaban J connectivity index is 3.15. The molecule has 3 N–H and O–H groups in total. The van der Waals surface area contributed by atoms with Crippen molar-refractivity contribution in [1.82, 2.24) is 9.78 Å². The second kappa shape index (κ2) is 3.74. The number of aromatic nitrogens is 2. The molecule has 0 aliphatic carbocycles. The number of rotatable bonds is 4. The Morgan fingerprint density at radius 3 is 2.60 bits per heavy atom. The first-order valence-corrected chi connectivity index (χ1v) is 3.65. The van der Waals surface area contributed by atoms with Crippen LogP contribution >= 0.6 is 0 Å². The van der Waals surface area contributed by atoms with Crippen LogP contribution in [0.15, 0.2) is 6.20 Å². The van der Waals surface area contributed by atoms with Gasteiger partial charge in [0.1, 0.15) is 0 Å². The minimum absolute atomic E-state index is 0.416. The Bertz CT molecular complexity index is 405. The highest BCUT2D eigenvalue weighted by Gasteiger charge is 2.25. The van der Waals surface area contributed by atoms with E-state index in [-0.39, 0.29) is 0 Å². The zero-order valence-electron chi connectivity index (χ0n) is 7.28. The van der Waals surface area contributed by atoms with Gasteiger partial charge in [-0.25, -0.2) is 0 Å². The molecule has 0 aromatic carbocycles. The molecule has 1 rings (SSSR count). The number of nitro groups is 1. The molecule has 0 aliphatic rings. The summed E-state index contributed by atoms with van der Waals surface area (Å²) in [6, 6.07) is 0. The molecule has 0 spiro atoms. The molecule has 0 atom stereocenters. The molecule has 0 aliphatic heterocycles. The minimum atomic E-state index is -1.23. The average molecular weight is 214 g/mol. The van der Waals surface area contributed by atoms with Gasteiger partial charge in [0.2, 0.25) is 0 Å². The topological polar surface area (TPSA) is 141 Å². The molecule has 1 aromatic rings. The van der Waals surface area contributed by atoms with E-state index in [2.05, 4.69) is 5.10 Å². The molecular weight excluding hydrogens is 208 g/mol. The van der Waals surface area contributed by atoms with E-state index in [0.29, 0.717) is 0 Å². The molecule has 0 radical (unpaired) electrons. The van der Waals surface area contributed by atoms with Crippen molar-refractivity contribution in [3.63, 3.8) is 0 Å². The van der Waals surface area contributed by atoms with E-state index < -0.39 is 34.7 Å². The van der Waals surface area contributed by atoms with Crippen LogP contribution in [0.4, 0.5) is 5.82 Å². The van der Waals surface area contributed by atoms with Crippen LogP contribution in [0.25, 0.3) is 0 Å². The predicted octanol–water partition coefficient (Wildman–Crippen LogP) is -1.03. The Labute approximate surface area is 82.2 Å². The standard InChI is InChI=1S/C6H6N4O5/c7-5(13)3-1-9(2-4(11)12)8-6(3)10(14)15/h1H,2H2,(H2,7,13)(H,11,12). The summed E-state index contributed by atoms with van der Waals surface area (Å²) in [5.74, 6) is -3.01. The summed E-state index contributed by atoms with van der Waals surface area (Å²) in [5.41, 5.74) is 4.44. The van der Waals surface area contributed by atoms with Crippen LogP contribution in [0.3, 0.4) is 0 Å². The zero-order chi connectivity index (χ0) is 11.6. The number of carboxylic acid groups (broad SMARTS) is 1. The van der Waals surface area contributed by atoms with Crippen molar-refractivity contribution in [2.24, 2.45) is 5.73 Å². The van der Waals surface area contributed by atoms with Gasteiger partial charge in [-0.05, 0) is 4.92 Å². The highest BCUT2D eigenvalue weighted by molar-refractivity contribution is 5.96. The third-order valence-corrected chi connectivity index (χ3v) is 1.48. The van der Waals surface area contributed by atoms with Crippen molar-refractivity contribution in [2.75, 3.05) is 0 Å². The summed E-state index contributed by atoms with van der Waals surface area (Å²) in [5, 5.41) is 22.1. The van der Waals surface area contributed by atoms with Gasteiger partial charge in [0.05, 0.1) is 11.3 Å². The van der Waals surface area contributed by atoms with Crippen molar-refractivity contribution < 1.29 is 19.6 Å². The second-order valence-corrected chi connectivity index (χ2v) is 2.58. The van der Waals surface area contributed by atoms with Crippen molar-refractivity contribution in [3.8, 4) is 0 Å². The van der Waals surface area contributed by atoms with Crippen LogP contribution in [0.1, 0.15) is 10.4 Å². The molecule has 1 amide bonds. The first-order valence-electron chi connectivity index (χ1n) is 3.65. The molecule has 15 heavy (non-hydrogen) atoms. The summed E-state index contributed by atoms with van der Waals surface area (Å²) in [4.78, 5) is 30.5. The largest absolute Gasteiger partial charge is 0.480 e. The van der Waals surface area contributed by atoms with Gasteiger partial charge >= 0.3 is 11.8 Å². The molecule has 1 heterocycles. The molecule has 0 bridgehead atoms. The van der Waals surface area contributed by atoms with Crippen molar-refractivity contribution in [3.05, 3.63) is 21.9 Å². The van der Waals surface area contributed by atoms with Gasteiger partial charge < -0.3 is 21.0 Å². The van der Waals surface area contributed by atoms with Crippen molar-refractivity contribution in [2.45, 2.75) is 6.54 Å². The quantitative estimate of drug-likeness (QED) is 0.485. The van der Waals surface area contributed by atoms with Crippen LogP contribution in [-0.2, 0) is 11.3 Å². The number of amides is 1. The zero-order valence-corrected chi connectivity index (χ0v) is 7.28. The fraction of sp³-hybridized carbons (Fsp3) is 0.167. The molecule has 0 fully saturated rings. The summed E-state index contributed by atoms with van der Waals surface area (Å²) >= 11 is 0. The lowest BCUT2D eigenvalue weighted by Gasteiger charge is -1.88. The van der Waals surface area contributed by atoms with Gasteiger partial charge in [0, 0.05) is 0 Å². The minimum Gasteiger partial charge on any atom is -0.480 e. The van der Waals surface area contributed by atoms with E-state index in [1.165, 1.54) is 0 Å². The van der Waals surface area contributed by atoms with E-state index in [0.717, 1.165) is 10.9 Å². The molecule has 9 heteroatoms. The molecular formula is C6H6N4O5. The maximum absolute atomic E-state index is 10.7. The first-order chi connectivity index (χ1) is 6.91. The normalized spacial score (nSPS) is 9.87. The Hall–Kier alpha value is -2.45. The Kier molecular flexibility index (Phi) is 2.65. The maximum Gasteiger partial charge on any atom is 0.402 e. The van der Waals surface area contributed by atoms with Gasteiger partial charge in [-0.3, -0.25) is 9.59 Å². The van der Waals surface area contributed by atoms with Gasteiger partial charge in [-0.2, -0.15) is 4.68 Å². The second-order valence-electron chi connectivity index (χ2n) is 2.58. The Morgan fingerprint density at radius 2 is 2.27 bits per heavy atom. The lowest BCUT2D eigenvalue weighted by Crippen LogP contribution is -2.12. The van der Waals surface area contributed by atoms with E-state index in [1.54, 1.807) is 0 Å². The number of nitrogens with two attached hydrogens (primary N) is 1. The molecule has 0 unspecified atom stereocenters. The lowest BCUT2D eigenvalue weighted by molar-refractivity contribution is -0.390. The molecule has 0 saturated carbocycles. The number of primary amides is 1. The third kappa shape index (κ3) is 2.27. The summed E-state index contributed by atoms with van der Waals surface area (Å²) in [6.07, 6.45) is 0.925. The SMILES string of the molecule is NC(=O)c1cn(CC(=O)O)nc1[N+](=O)[O-]. The van der Waals surface area contributed by atoms with Crippen LogP contribution < -0.4 is 5.73 Å². The first kappa shape index (κ1) is 10.6. The smallest absolute Gasteiger partial charge is 0.402 e. The number of hydrogen-bond donors (Lipinski definition) is 2. The van der Waals surface area contributed by atoms with E-state index in [4.69, 9.17) is 10.8 Å². The van der Waals surface area contributed by atoms with Crippen molar-refractivity contribution in [1.29, 1.82) is 0 Å². The molecule has 0 saturated heterocycles. The van der Waals surface area contributed by atoms with Crippen LogP contribution in [0.2, 0.25) is 0 Å². The van der Waals surface area contributed by atoms with E-state index in [1.807, 2.05) is 0 Å². The van der Waals surface area contributed by atoms with Gasteiger partial charge in [0.25, 0.3) is 5.91 Å². The van der Waals surface area contributed by atoms with Crippen LogP contribution in [0.5, 0.6) is 0 Å². The molecule has 9 nitrogen and oxygen atoms in total. The van der Waals surface area contributed by atoms with Crippen molar-refractivity contribution >= 4 is 17.7 Å². The Morgan fingerprint density at radius 1 is 1.67 bits per heavy atom. The third-order valence-electron chi connectivity index (χ3n) is 1.48. The number of carbonyl (C=O) groups is 2. The predicted molar refractivity (Wildman–Crippen MR) is 45.0 cm³/mol. The number of carboxylic acids is 1. The fourth-order valence-corrected chi connectivity index (χ4v) is 0.939.